The van der Waals surface area contributed by atoms with Crippen molar-refractivity contribution in [3.63, 3.8) is 0 Å². The number of benzene rings is 1. The van der Waals surface area contributed by atoms with Crippen LogP contribution in [0.2, 0.25) is 0 Å². The largest absolute Gasteiger partial charge is 0.491 e. The molecule has 0 aromatic heterocycles. The van der Waals surface area contributed by atoms with E-state index in [1.807, 2.05) is 24.3 Å². The summed E-state index contributed by atoms with van der Waals surface area (Å²) < 4.78 is 5.83. The van der Waals surface area contributed by atoms with Gasteiger partial charge >= 0.3 is 0 Å². The Morgan fingerprint density at radius 1 is 1.38 bits per heavy atom. The highest BCUT2D eigenvalue weighted by atomic mass is 16.5. The summed E-state index contributed by atoms with van der Waals surface area (Å²) in [6.45, 7) is 6.66. The summed E-state index contributed by atoms with van der Waals surface area (Å²) in [5.41, 5.74) is 0.677. The van der Waals surface area contributed by atoms with Gasteiger partial charge in [0.05, 0.1) is 5.56 Å². The minimum Gasteiger partial charge on any atom is -0.491 e. The monoisotopic (exact) mass is 288 g/mol. The van der Waals surface area contributed by atoms with E-state index >= 15 is 0 Å². The smallest absolute Gasteiger partial charge is 0.163 e. The molecule has 114 valence electrons. The van der Waals surface area contributed by atoms with Gasteiger partial charge in [0.25, 0.3) is 0 Å². The van der Waals surface area contributed by atoms with Crippen LogP contribution in [-0.2, 0) is 0 Å². The Balaban J connectivity index is 1.49. The van der Waals surface area contributed by atoms with E-state index in [0.29, 0.717) is 17.9 Å². The van der Waals surface area contributed by atoms with Crippen molar-refractivity contribution in [2.45, 2.75) is 25.8 Å². The van der Waals surface area contributed by atoms with Crippen LogP contribution in [0.4, 0.5) is 0 Å². The van der Waals surface area contributed by atoms with Gasteiger partial charge in [-0.1, -0.05) is 12.1 Å². The first-order valence-electron chi connectivity index (χ1n) is 7.92. The number of fused-ring (bicyclic) bond motifs is 1. The zero-order chi connectivity index (χ0) is 14.7. The fourth-order valence-corrected chi connectivity index (χ4v) is 3.49. The van der Waals surface area contributed by atoms with E-state index in [-0.39, 0.29) is 5.78 Å². The van der Waals surface area contributed by atoms with E-state index in [9.17, 15) is 4.79 Å². The third-order valence-electron chi connectivity index (χ3n) is 4.67. The number of nitrogens with zero attached hydrogens (tertiary/aromatic N) is 1. The zero-order valence-electron chi connectivity index (χ0n) is 12.7. The van der Waals surface area contributed by atoms with Crippen molar-refractivity contribution in [3.8, 4) is 5.75 Å². The van der Waals surface area contributed by atoms with Gasteiger partial charge in [-0.05, 0) is 50.9 Å². The SMILES string of the molecule is CC(=O)c1ccccc1OCCN1CCC2NCCC2C1. The molecule has 4 nitrogen and oxygen atoms in total. The van der Waals surface area contributed by atoms with Gasteiger partial charge in [0.15, 0.2) is 5.78 Å². The van der Waals surface area contributed by atoms with Crippen LogP contribution in [0.15, 0.2) is 24.3 Å². The lowest BCUT2D eigenvalue weighted by atomic mass is 9.93. The lowest BCUT2D eigenvalue weighted by Gasteiger charge is -2.34. The molecule has 1 aromatic rings. The molecule has 2 atom stereocenters. The summed E-state index contributed by atoms with van der Waals surface area (Å²) in [4.78, 5) is 14.0. The minimum atomic E-state index is 0.0587. The molecule has 2 fully saturated rings. The molecule has 4 heteroatoms. The lowest BCUT2D eigenvalue weighted by Crippen LogP contribution is -2.45. The van der Waals surface area contributed by atoms with Crippen molar-refractivity contribution in [2.75, 3.05) is 32.8 Å². The number of para-hydroxylation sites is 1. The van der Waals surface area contributed by atoms with Crippen LogP contribution in [0.1, 0.15) is 30.1 Å². The Labute approximate surface area is 126 Å². The van der Waals surface area contributed by atoms with Crippen LogP contribution < -0.4 is 10.1 Å². The summed E-state index contributed by atoms with van der Waals surface area (Å²) in [5, 5.41) is 3.59. The molecule has 0 amide bonds. The van der Waals surface area contributed by atoms with Crippen LogP contribution >= 0.6 is 0 Å². The number of hydrogen-bond donors (Lipinski definition) is 1. The number of nitrogens with one attached hydrogen (secondary N) is 1. The first kappa shape index (κ1) is 14.5. The van der Waals surface area contributed by atoms with Crippen molar-refractivity contribution >= 4 is 5.78 Å². The standard InChI is InChI=1S/C17H24N2O2/c1-13(20)15-4-2-3-5-17(15)21-11-10-19-9-7-16-14(12-19)6-8-18-16/h2-5,14,16,18H,6-12H2,1H3. The summed E-state index contributed by atoms with van der Waals surface area (Å²) >= 11 is 0. The summed E-state index contributed by atoms with van der Waals surface area (Å²) in [6.07, 6.45) is 2.55. The number of piperidine rings is 1. The number of hydrogen-bond acceptors (Lipinski definition) is 4. The van der Waals surface area contributed by atoms with Crippen LogP contribution in [-0.4, -0.2) is 49.5 Å². The molecule has 2 heterocycles. The van der Waals surface area contributed by atoms with E-state index < -0.39 is 0 Å². The highest BCUT2D eigenvalue weighted by Gasteiger charge is 2.32. The van der Waals surface area contributed by atoms with Crippen molar-refractivity contribution < 1.29 is 9.53 Å². The molecular weight excluding hydrogens is 264 g/mol. The first-order valence-corrected chi connectivity index (χ1v) is 7.92. The Bertz CT molecular complexity index is 503. The van der Waals surface area contributed by atoms with E-state index in [1.54, 1.807) is 6.92 Å². The average Bonchev–Trinajstić information content (AvgIpc) is 2.95. The molecule has 21 heavy (non-hydrogen) atoms. The fourth-order valence-electron chi connectivity index (χ4n) is 3.49. The van der Waals surface area contributed by atoms with Crippen molar-refractivity contribution in [1.29, 1.82) is 0 Å². The van der Waals surface area contributed by atoms with E-state index in [1.165, 1.54) is 25.9 Å². The van der Waals surface area contributed by atoms with Gasteiger partial charge in [0.2, 0.25) is 0 Å². The average molecular weight is 288 g/mol. The predicted octanol–water partition coefficient (Wildman–Crippen LogP) is 1.95. The minimum absolute atomic E-state index is 0.0587. The van der Waals surface area contributed by atoms with E-state index in [4.69, 9.17) is 4.74 Å². The molecule has 2 aliphatic rings. The van der Waals surface area contributed by atoms with Gasteiger partial charge < -0.3 is 10.1 Å². The number of ether oxygens (including phenoxy) is 1. The third kappa shape index (κ3) is 3.44. The van der Waals surface area contributed by atoms with Gasteiger partial charge in [-0.3, -0.25) is 9.69 Å². The second-order valence-corrected chi connectivity index (χ2v) is 6.10. The van der Waals surface area contributed by atoms with Crippen molar-refractivity contribution in [1.82, 2.24) is 10.2 Å². The maximum atomic E-state index is 11.6. The maximum Gasteiger partial charge on any atom is 0.163 e. The quantitative estimate of drug-likeness (QED) is 0.841. The summed E-state index contributed by atoms with van der Waals surface area (Å²) in [7, 11) is 0. The first-order chi connectivity index (χ1) is 10.2. The highest BCUT2D eigenvalue weighted by Crippen LogP contribution is 2.24. The van der Waals surface area contributed by atoms with Crippen LogP contribution in [0.3, 0.4) is 0 Å². The molecule has 3 rings (SSSR count). The molecule has 0 aliphatic carbocycles. The third-order valence-corrected chi connectivity index (χ3v) is 4.67. The molecule has 1 aromatic carbocycles. The Kier molecular flexibility index (Phi) is 4.56. The molecule has 1 N–H and O–H groups in total. The van der Waals surface area contributed by atoms with Gasteiger partial charge in [-0.15, -0.1) is 0 Å². The Hall–Kier alpha value is -1.39. The molecule has 0 radical (unpaired) electrons. The van der Waals surface area contributed by atoms with Gasteiger partial charge in [-0.2, -0.15) is 0 Å². The van der Waals surface area contributed by atoms with Crippen molar-refractivity contribution in [2.24, 2.45) is 5.92 Å². The van der Waals surface area contributed by atoms with Gasteiger partial charge in [-0.25, -0.2) is 0 Å². The Morgan fingerprint density at radius 3 is 3.10 bits per heavy atom. The number of carbonyl (C=O) groups excluding carboxylic acids is 1. The number of carbonyl (C=O) groups is 1. The normalized spacial score (nSPS) is 25.6. The molecule has 0 saturated carbocycles. The highest BCUT2D eigenvalue weighted by molar-refractivity contribution is 5.96. The van der Waals surface area contributed by atoms with Crippen LogP contribution in [0.5, 0.6) is 5.75 Å². The number of Topliss-reactive ketones (excluding diaryl/α,β-unsaturated/α-hetero) is 1. The fraction of sp³-hybridized carbons (Fsp3) is 0.588. The molecule has 2 aliphatic heterocycles. The number of rotatable bonds is 5. The number of likely N-dealkylation sites (tertiary alicyclic amines) is 1. The molecule has 2 saturated heterocycles. The maximum absolute atomic E-state index is 11.6. The second-order valence-electron chi connectivity index (χ2n) is 6.10. The summed E-state index contributed by atoms with van der Waals surface area (Å²) in [6, 6.07) is 8.23. The molecule has 0 spiro atoms. The van der Waals surface area contributed by atoms with Crippen molar-refractivity contribution in [3.05, 3.63) is 29.8 Å². The summed E-state index contributed by atoms with van der Waals surface area (Å²) in [5.74, 6) is 1.58. The van der Waals surface area contributed by atoms with Crippen LogP contribution in [0, 0.1) is 5.92 Å². The van der Waals surface area contributed by atoms with E-state index in [0.717, 1.165) is 25.0 Å². The predicted molar refractivity (Wildman–Crippen MR) is 82.9 cm³/mol. The van der Waals surface area contributed by atoms with Gasteiger partial charge in [0, 0.05) is 19.1 Å². The molecular formula is C17H24N2O2. The number of ketones is 1. The Morgan fingerprint density at radius 2 is 2.24 bits per heavy atom. The van der Waals surface area contributed by atoms with Gasteiger partial charge in [0.1, 0.15) is 12.4 Å². The van der Waals surface area contributed by atoms with Crippen LogP contribution in [0.25, 0.3) is 0 Å². The van der Waals surface area contributed by atoms with E-state index in [2.05, 4.69) is 10.2 Å². The molecule has 0 bridgehead atoms. The second kappa shape index (κ2) is 6.58. The zero-order valence-corrected chi connectivity index (χ0v) is 12.7. The molecule has 2 unspecified atom stereocenters. The lowest BCUT2D eigenvalue weighted by molar-refractivity contribution is 0.101. The topological polar surface area (TPSA) is 41.6 Å².